The van der Waals surface area contributed by atoms with Gasteiger partial charge in [0.05, 0.1) is 13.2 Å². The molecular formula is C22H24ClNO5. The Morgan fingerprint density at radius 3 is 2.59 bits per heavy atom. The van der Waals surface area contributed by atoms with E-state index in [1.807, 2.05) is 32.0 Å². The molecule has 0 aliphatic carbocycles. The van der Waals surface area contributed by atoms with Gasteiger partial charge in [-0.25, -0.2) is 4.79 Å². The topological polar surface area (TPSA) is 73.9 Å². The minimum atomic E-state index is -0.626. The lowest BCUT2D eigenvalue weighted by atomic mass is 10.2. The molecule has 1 amide bonds. The van der Waals surface area contributed by atoms with Crippen LogP contribution in [0.5, 0.6) is 11.5 Å². The van der Waals surface area contributed by atoms with Crippen molar-refractivity contribution in [1.82, 2.24) is 5.32 Å². The van der Waals surface area contributed by atoms with Crippen LogP contribution in [-0.2, 0) is 20.9 Å². The van der Waals surface area contributed by atoms with Crippen molar-refractivity contribution in [2.45, 2.75) is 26.5 Å². The molecular weight excluding hydrogens is 394 g/mol. The van der Waals surface area contributed by atoms with Crippen molar-refractivity contribution in [3.8, 4) is 11.5 Å². The van der Waals surface area contributed by atoms with E-state index in [9.17, 15) is 9.59 Å². The van der Waals surface area contributed by atoms with E-state index in [-0.39, 0.29) is 19.3 Å². The molecule has 154 valence electrons. The summed E-state index contributed by atoms with van der Waals surface area (Å²) >= 11 is 6.03. The zero-order valence-electron chi connectivity index (χ0n) is 16.6. The largest absolute Gasteiger partial charge is 0.493 e. The number of ether oxygens (including phenoxy) is 3. The van der Waals surface area contributed by atoms with Crippen LogP contribution in [0, 0.1) is 0 Å². The summed E-state index contributed by atoms with van der Waals surface area (Å²) in [6.07, 6.45) is 2.84. The van der Waals surface area contributed by atoms with Crippen molar-refractivity contribution in [3.63, 3.8) is 0 Å². The highest BCUT2D eigenvalue weighted by atomic mass is 35.5. The number of hydrogen-bond donors (Lipinski definition) is 1. The van der Waals surface area contributed by atoms with E-state index in [2.05, 4.69) is 5.32 Å². The van der Waals surface area contributed by atoms with Crippen LogP contribution in [0.2, 0.25) is 5.02 Å². The molecule has 0 aliphatic rings. The predicted octanol–water partition coefficient (Wildman–Crippen LogP) is 4.01. The summed E-state index contributed by atoms with van der Waals surface area (Å²) in [6.45, 7) is 3.73. The molecule has 0 aromatic heterocycles. The fraction of sp³-hybridized carbons (Fsp3) is 0.273. The highest BCUT2D eigenvalue weighted by Gasteiger charge is 2.08. The third-order valence-electron chi connectivity index (χ3n) is 3.74. The Morgan fingerprint density at radius 1 is 1.14 bits per heavy atom. The van der Waals surface area contributed by atoms with Gasteiger partial charge in [0.25, 0.3) is 5.91 Å². The fourth-order valence-electron chi connectivity index (χ4n) is 2.37. The third-order valence-corrected chi connectivity index (χ3v) is 4.11. The molecule has 0 radical (unpaired) electrons. The Labute approximate surface area is 175 Å². The number of hydrogen-bond acceptors (Lipinski definition) is 5. The lowest BCUT2D eigenvalue weighted by Crippen LogP contribution is -2.28. The number of benzene rings is 2. The number of nitrogens with one attached hydrogen (secondary N) is 1. The first kappa shape index (κ1) is 22.3. The number of esters is 1. The number of halogens is 1. The van der Waals surface area contributed by atoms with Gasteiger partial charge in [0.15, 0.2) is 18.1 Å². The highest BCUT2D eigenvalue weighted by Crippen LogP contribution is 2.29. The van der Waals surface area contributed by atoms with E-state index in [1.54, 1.807) is 37.5 Å². The molecule has 0 heterocycles. The summed E-state index contributed by atoms with van der Waals surface area (Å²) in [5.41, 5.74) is 1.52. The zero-order valence-corrected chi connectivity index (χ0v) is 17.4. The molecule has 6 nitrogen and oxygen atoms in total. The number of amides is 1. The maximum Gasteiger partial charge on any atom is 0.331 e. The van der Waals surface area contributed by atoms with Crippen molar-refractivity contribution in [2.75, 3.05) is 13.7 Å². The quantitative estimate of drug-likeness (QED) is 0.493. The summed E-state index contributed by atoms with van der Waals surface area (Å²) in [4.78, 5) is 23.7. The van der Waals surface area contributed by atoms with Crippen LogP contribution in [-0.4, -0.2) is 31.7 Å². The van der Waals surface area contributed by atoms with Crippen molar-refractivity contribution in [1.29, 1.82) is 0 Å². The standard InChI is InChI=1S/C22H24ClNO5/c1-15(2)29-19-10-8-16(12-20(19)27-3)9-11-22(26)28-14-21(25)24-13-17-6-4-5-7-18(17)23/h4-12,15H,13-14H2,1-3H3,(H,24,25)/b11-9+. The lowest BCUT2D eigenvalue weighted by Gasteiger charge is -2.13. The molecule has 2 rings (SSSR count). The van der Waals surface area contributed by atoms with Crippen molar-refractivity contribution < 1.29 is 23.8 Å². The molecule has 0 spiro atoms. The van der Waals surface area contributed by atoms with Gasteiger partial charge < -0.3 is 19.5 Å². The first-order valence-corrected chi connectivity index (χ1v) is 9.46. The molecule has 0 atom stereocenters. The van der Waals surface area contributed by atoms with Gasteiger partial charge in [-0.15, -0.1) is 0 Å². The molecule has 0 saturated heterocycles. The Balaban J connectivity index is 1.83. The van der Waals surface area contributed by atoms with Gasteiger partial charge in [-0.1, -0.05) is 35.9 Å². The molecule has 1 N–H and O–H groups in total. The van der Waals surface area contributed by atoms with Crippen LogP contribution in [0.15, 0.2) is 48.5 Å². The van der Waals surface area contributed by atoms with Gasteiger partial charge in [-0.05, 0) is 49.2 Å². The summed E-state index contributed by atoms with van der Waals surface area (Å²) in [6, 6.07) is 12.5. The summed E-state index contributed by atoms with van der Waals surface area (Å²) in [5.74, 6) is 0.147. The molecule has 0 fully saturated rings. The second-order valence-electron chi connectivity index (χ2n) is 6.39. The fourth-order valence-corrected chi connectivity index (χ4v) is 2.58. The van der Waals surface area contributed by atoms with Gasteiger partial charge in [0, 0.05) is 17.6 Å². The Hall–Kier alpha value is -2.99. The molecule has 0 saturated carbocycles. The average molecular weight is 418 g/mol. The van der Waals surface area contributed by atoms with Gasteiger partial charge in [-0.2, -0.15) is 0 Å². The third kappa shape index (κ3) is 7.50. The van der Waals surface area contributed by atoms with Gasteiger partial charge >= 0.3 is 5.97 Å². The monoisotopic (exact) mass is 417 g/mol. The van der Waals surface area contributed by atoms with Gasteiger partial charge in [0.2, 0.25) is 0 Å². The maximum absolute atomic E-state index is 11.8. The molecule has 0 unspecified atom stereocenters. The van der Waals surface area contributed by atoms with Crippen LogP contribution in [0.1, 0.15) is 25.0 Å². The second-order valence-corrected chi connectivity index (χ2v) is 6.79. The summed E-state index contributed by atoms with van der Waals surface area (Å²) < 4.78 is 15.9. The maximum atomic E-state index is 11.8. The summed E-state index contributed by atoms with van der Waals surface area (Å²) in [5, 5.41) is 3.21. The second kappa shape index (κ2) is 11.1. The number of carbonyl (C=O) groups excluding carboxylic acids is 2. The number of rotatable bonds is 9. The Bertz CT molecular complexity index is 879. The van der Waals surface area contributed by atoms with E-state index in [0.717, 1.165) is 11.1 Å². The summed E-state index contributed by atoms with van der Waals surface area (Å²) in [7, 11) is 1.55. The van der Waals surface area contributed by atoms with Crippen LogP contribution >= 0.6 is 11.6 Å². The molecule has 2 aromatic carbocycles. The van der Waals surface area contributed by atoms with Crippen LogP contribution in [0.3, 0.4) is 0 Å². The molecule has 0 bridgehead atoms. The van der Waals surface area contributed by atoms with Crippen molar-refractivity contribution in [2.24, 2.45) is 0 Å². The van der Waals surface area contributed by atoms with Crippen LogP contribution in [0.25, 0.3) is 6.08 Å². The SMILES string of the molecule is COc1cc(/C=C/C(=O)OCC(=O)NCc2ccccc2Cl)ccc1OC(C)C. The van der Waals surface area contributed by atoms with E-state index < -0.39 is 11.9 Å². The Morgan fingerprint density at radius 2 is 1.90 bits per heavy atom. The molecule has 7 heteroatoms. The van der Waals surface area contributed by atoms with Gasteiger partial charge in [-0.3, -0.25) is 4.79 Å². The lowest BCUT2D eigenvalue weighted by molar-refractivity contribution is -0.143. The minimum Gasteiger partial charge on any atom is -0.493 e. The molecule has 2 aromatic rings. The van der Waals surface area contributed by atoms with E-state index in [1.165, 1.54) is 6.08 Å². The van der Waals surface area contributed by atoms with Crippen LogP contribution in [0.4, 0.5) is 0 Å². The first-order valence-electron chi connectivity index (χ1n) is 9.08. The Kier molecular flexibility index (Phi) is 8.55. The van der Waals surface area contributed by atoms with Crippen molar-refractivity contribution >= 4 is 29.6 Å². The number of methoxy groups -OCH3 is 1. The van der Waals surface area contributed by atoms with E-state index in [0.29, 0.717) is 16.5 Å². The first-order chi connectivity index (χ1) is 13.9. The normalized spacial score (nSPS) is 10.8. The van der Waals surface area contributed by atoms with Crippen LogP contribution < -0.4 is 14.8 Å². The smallest absolute Gasteiger partial charge is 0.331 e. The highest BCUT2D eigenvalue weighted by molar-refractivity contribution is 6.31. The van der Waals surface area contributed by atoms with Gasteiger partial charge in [0.1, 0.15) is 0 Å². The van der Waals surface area contributed by atoms with E-state index >= 15 is 0 Å². The molecule has 0 aliphatic heterocycles. The van der Waals surface area contributed by atoms with Crippen molar-refractivity contribution in [3.05, 3.63) is 64.7 Å². The molecule has 29 heavy (non-hydrogen) atoms. The minimum absolute atomic E-state index is 0.0179. The zero-order chi connectivity index (χ0) is 21.2. The number of carbonyl (C=O) groups is 2. The average Bonchev–Trinajstić information content (AvgIpc) is 2.70. The predicted molar refractivity (Wildman–Crippen MR) is 112 cm³/mol. The van der Waals surface area contributed by atoms with E-state index in [4.69, 9.17) is 25.8 Å².